The van der Waals surface area contributed by atoms with Crippen molar-refractivity contribution in [3.05, 3.63) is 17.7 Å². The van der Waals surface area contributed by atoms with Crippen LogP contribution in [-0.4, -0.2) is 33.4 Å². The summed E-state index contributed by atoms with van der Waals surface area (Å²) in [7, 11) is 4.98. The minimum absolute atomic E-state index is 0.146. The van der Waals surface area contributed by atoms with Gasteiger partial charge in [-0.3, -0.25) is 0 Å². The van der Waals surface area contributed by atoms with Crippen molar-refractivity contribution in [2.45, 2.75) is 38.6 Å². The molecule has 0 amide bonds. The lowest BCUT2D eigenvalue weighted by Crippen LogP contribution is -2.46. The van der Waals surface area contributed by atoms with E-state index in [1.807, 2.05) is 6.07 Å². The number of methoxy groups -OCH3 is 3. The molecular weight excluding hydrogens is 266 g/mol. The maximum atomic E-state index is 5.61. The van der Waals surface area contributed by atoms with E-state index in [0.29, 0.717) is 17.4 Å². The van der Waals surface area contributed by atoms with Crippen molar-refractivity contribution in [3.63, 3.8) is 0 Å². The lowest BCUT2D eigenvalue weighted by molar-refractivity contribution is 0.263. The normalized spacial score (nSPS) is 21.6. The van der Waals surface area contributed by atoms with Gasteiger partial charge in [0.25, 0.3) is 0 Å². The summed E-state index contributed by atoms with van der Waals surface area (Å²) in [4.78, 5) is 0. The van der Waals surface area contributed by atoms with E-state index in [0.717, 1.165) is 18.7 Å². The average Bonchev–Trinajstić information content (AvgIpc) is 2.96. The van der Waals surface area contributed by atoms with Crippen LogP contribution in [0.2, 0.25) is 0 Å². The number of nitrogens with one attached hydrogen (secondary N) is 1. The molecule has 1 saturated heterocycles. The zero-order chi connectivity index (χ0) is 15.5. The quantitative estimate of drug-likeness (QED) is 0.875. The third kappa shape index (κ3) is 2.95. The van der Waals surface area contributed by atoms with Crippen LogP contribution in [0.5, 0.6) is 17.2 Å². The zero-order valence-electron chi connectivity index (χ0n) is 13.8. The van der Waals surface area contributed by atoms with Gasteiger partial charge in [0.2, 0.25) is 5.75 Å². The van der Waals surface area contributed by atoms with E-state index in [2.05, 4.69) is 25.2 Å². The van der Waals surface area contributed by atoms with Gasteiger partial charge in [0.05, 0.1) is 21.3 Å². The second-order valence-electron chi connectivity index (χ2n) is 6.01. The fourth-order valence-electron chi connectivity index (χ4n) is 3.32. The fourth-order valence-corrected chi connectivity index (χ4v) is 3.32. The molecule has 4 heteroatoms. The number of ether oxygens (including phenoxy) is 3. The molecule has 1 fully saturated rings. The van der Waals surface area contributed by atoms with Gasteiger partial charge in [-0.1, -0.05) is 19.9 Å². The van der Waals surface area contributed by atoms with Gasteiger partial charge in [-0.2, -0.15) is 0 Å². The molecule has 0 aliphatic carbocycles. The zero-order valence-corrected chi connectivity index (χ0v) is 13.8. The Labute approximate surface area is 127 Å². The van der Waals surface area contributed by atoms with Crippen LogP contribution >= 0.6 is 0 Å². The van der Waals surface area contributed by atoms with Crippen LogP contribution in [0.1, 0.15) is 32.3 Å². The lowest BCUT2D eigenvalue weighted by Gasteiger charge is -2.35. The van der Waals surface area contributed by atoms with Crippen LogP contribution in [0.3, 0.4) is 0 Å². The van der Waals surface area contributed by atoms with Crippen molar-refractivity contribution in [2.24, 2.45) is 5.92 Å². The molecule has 1 aliphatic rings. The Hall–Kier alpha value is -1.42. The summed E-state index contributed by atoms with van der Waals surface area (Å²) in [5, 5.41) is 3.71. The SMILES string of the molecule is COc1ccc(CC2(C(C)C)CCCN2)c(OC)c1OC. The van der Waals surface area contributed by atoms with Gasteiger partial charge in [0.15, 0.2) is 11.5 Å². The molecule has 0 spiro atoms. The van der Waals surface area contributed by atoms with E-state index >= 15 is 0 Å². The smallest absolute Gasteiger partial charge is 0.203 e. The first-order valence-electron chi connectivity index (χ1n) is 7.61. The second-order valence-corrected chi connectivity index (χ2v) is 6.01. The minimum atomic E-state index is 0.146. The molecule has 2 rings (SSSR count). The molecule has 0 bridgehead atoms. The Balaban J connectivity index is 2.39. The summed E-state index contributed by atoms with van der Waals surface area (Å²) in [5.74, 6) is 2.73. The Bertz CT molecular complexity index is 479. The van der Waals surface area contributed by atoms with Crippen LogP contribution in [0.4, 0.5) is 0 Å². The van der Waals surface area contributed by atoms with Gasteiger partial charge in [0, 0.05) is 11.1 Å². The van der Waals surface area contributed by atoms with E-state index in [1.54, 1.807) is 21.3 Å². The molecule has 1 heterocycles. The predicted octanol–water partition coefficient (Wildman–Crippen LogP) is 3.03. The molecule has 21 heavy (non-hydrogen) atoms. The summed E-state index contributed by atoms with van der Waals surface area (Å²) in [6.07, 6.45) is 3.37. The fraction of sp³-hybridized carbons (Fsp3) is 0.647. The van der Waals surface area contributed by atoms with E-state index in [4.69, 9.17) is 14.2 Å². The Kier molecular flexibility index (Phi) is 4.99. The van der Waals surface area contributed by atoms with Crippen molar-refractivity contribution in [1.29, 1.82) is 0 Å². The lowest BCUT2D eigenvalue weighted by atomic mass is 9.79. The van der Waals surface area contributed by atoms with Crippen LogP contribution in [0, 0.1) is 5.92 Å². The van der Waals surface area contributed by atoms with Crippen LogP contribution in [-0.2, 0) is 6.42 Å². The Morgan fingerprint density at radius 1 is 1.10 bits per heavy atom. The first-order valence-corrected chi connectivity index (χ1v) is 7.61. The van der Waals surface area contributed by atoms with Crippen molar-refractivity contribution >= 4 is 0 Å². The van der Waals surface area contributed by atoms with Gasteiger partial charge < -0.3 is 19.5 Å². The molecule has 1 aromatic rings. The molecule has 0 radical (unpaired) electrons. The summed E-state index contributed by atoms with van der Waals surface area (Å²) < 4.78 is 16.5. The van der Waals surface area contributed by atoms with Crippen molar-refractivity contribution in [2.75, 3.05) is 27.9 Å². The van der Waals surface area contributed by atoms with E-state index < -0.39 is 0 Å². The molecule has 1 atom stereocenters. The van der Waals surface area contributed by atoms with Gasteiger partial charge >= 0.3 is 0 Å². The Morgan fingerprint density at radius 3 is 2.29 bits per heavy atom. The molecule has 4 nitrogen and oxygen atoms in total. The largest absolute Gasteiger partial charge is 0.493 e. The molecule has 1 unspecified atom stereocenters. The second kappa shape index (κ2) is 6.56. The van der Waals surface area contributed by atoms with Gasteiger partial charge in [-0.25, -0.2) is 0 Å². The van der Waals surface area contributed by atoms with Crippen LogP contribution in [0.15, 0.2) is 12.1 Å². The molecule has 1 aliphatic heterocycles. The highest BCUT2D eigenvalue weighted by atomic mass is 16.5. The van der Waals surface area contributed by atoms with E-state index in [-0.39, 0.29) is 5.54 Å². The van der Waals surface area contributed by atoms with Gasteiger partial charge in [0.1, 0.15) is 0 Å². The maximum absolute atomic E-state index is 5.61. The first kappa shape index (κ1) is 16.0. The summed E-state index contributed by atoms with van der Waals surface area (Å²) in [6.45, 7) is 5.66. The van der Waals surface area contributed by atoms with E-state index in [9.17, 15) is 0 Å². The van der Waals surface area contributed by atoms with Gasteiger partial charge in [-0.05, 0) is 37.8 Å². The number of hydrogen-bond acceptors (Lipinski definition) is 4. The average molecular weight is 293 g/mol. The van der Waals surface area contributed by atoms with Crippen LogP contribution < -0.4 is 19.5 Å². The highest BCUT2D eigenvalue weighted by Crippen LogP contribution is 2.42. The predicted molar refractivity (Wildman–Crippen MR) is 84.6 cm³/mol. The summed E-state index contributed by atoms with van der Waals surface area (Å²) in [5.41, 5.74) is 1.31. The molecule has 1 N–H and O–H groups in total. The third-order valence-electron chi connectivity index (χ3n) is 4.67. The highest BCUT2D eigenvalue weighted by molar-refractivity contribution is 5.56. The number of rotatable bonds is 6. The highest BCUT2D eigenvalue weighted by Gasteiger charge is 2.37. The molecule has 0 aromatic heterocycles. The first-order chi connectivity index (χ1) is 10.1. The van der Waals surface area contributed by atoms with Crippen molar-refractivity contribution < 1.29 is 14.2 Å². The monoisotopic (exact) mass is 293 g/mol. The van der Waals surface area contributed by atoms with E-state index in [1.165, 1.54) is 18.4 Å². The Morgan fingerprint density at radius 2 is 1.81 bits per heavy atom. The van der Waals surface area contributed by atoms with Crippen LogP contribution in [0.25, 0.3) is 0 Å². The van der Waals surface area contributed by atoms with Gasteiger partial charge in [-0.15, -0.1) is 0 Å². The minimum Gasteiger partial charge on any atom is -0.493 e. The molecule has 118 valence electrons. The maximum Gasteiger partial charge on any atom is 0.203 e. The standard InChI is InChI=1S/C17H27NO3/c1-12(2)17(9-6-10-18-17)11-13-7-8-14(19-3)16(21-5)15(13)20-4/h7-8,12,18H,6,9-11H2,1-5H3. The molecule has 1 aromatic carbocycles. The molecule has 0 saturated carbocycles. The summed E-state index contributed by atoms with van der Waals surface area (Å²) in [6, 6.07) is 4.05. The molecular formula is C17H27NO3. The van der Waals surface area contributed by atoms with Crippen molar-refractivity contribution in [3.8, 4) is 17.2 Å². The topological polar surface area (TPSA) is 39.7 Å². The number of hydrogen-bond donors (Lipinski definition) is 1. The number of benzene rings is 1. The third-order valence-corrected chi connectivity index (χ3v) is 4.67. The summed E-state index contributed by atoms with van der Waals surface area (Å²) >= 11 is 0. The van der Waals surface area contributed by atoms with Crippen molar-refractivity contribution in [1.82, 2.24) is 5.32 Å².